The van der Waals surface area contributed by atoms with Crippen LogP contribution in [0.1, 0.15) is 5.56 Å². The molecule has 4 nitrogen and oxygen atoms in total. The Morgan fingerprint density at radius 3 is 2.70 bits per heavy atom. The van der Waals surface area contributed by atoms with Crippen molar-refractivity contribution in [3.63, 3.8) is 0 Å². The Bertz CT molecular complexity index is 833. The van der Waals surface area contributed by atoms with Gasteiger partial charge in [-0.15, -0.1) is 0 Å². The summed E-state index contributed by atoms with van der Waals surface area (Å²) in [6, 6.07) is 15.4. The minimum atomic E-state index is -0.498. The predicted molar refractivity (Wildman–Crippen MR) is 87.3 cm³/mol. The minimum Gasteiger partial charge on any atom is -0.309 e. The van der Waals surface area contributed by atoms with E-state index in [-0.39, 0.29) is 17.9 Å². The molecule has 0 bridgehead atoms. The molecule has 0 atom stereocenters. The first-order chi connectivity index (χ1) is 11.1. The van der Waals surface area contributed by atoms with E-state index in [0.29, 0.717) is 10.8 Å². The van der Waals surface area contributed by atoms with Gasteiger partial charge >= 0.3 is 0 Å². The second-order valence-corrected chi connectivity index (χ2v) is 5.38. The van der Waals surface area contributed by atoms with Gasteiger partial charge in [-0.05, 0) is 29.8 Å². The van der Waals surface area contributed by atoms with Gasteiger partial charge in [0.1, 0.15) is 5.82 Å². The Balaban J connectivity index is 1.68. The molecule has 0 radical (unpaired) electrons. The van der Waals surface area contributed by atoms with Gasteiger partial charge in [-0.3, -0.25) is 4.79 Å². The van der Waals surface area contributed by atoms with Crippen molar-refractivity contribution in [3.8, 4) is 5.69 Å². The van der Waals surface area contributed by atoms with E-state index in [2.05, 4.69) is 10.4 Å². The summed E-state index contributed by atoms with van der Waals surface area (Å²) < 4.78 is 15.3. The number of carbonyl (C=O) groups excluding carboxylic acids is 1. The Morgan fingerprint density at radius 2 is 1.96 bits per heavy atom. The van der Waals surface area contributed by atoms with Gasteiger partial charge in [0.05, 0.1) is 12.1 Å². The van der Waals surface area contributed by atoms with Crippen molar-refractivity contribution in [1.29, 1.82) is 0 Å². The third-order valence-corrected chi connectivity index (χ3v) is 3.48. The van der Waals surface area contributed by atoms with Crippen LogP contribution in [0.25, 0.3) is 5.69 Å². The summed E-state index contributed by atoms with van der Waals surface area (Å²) in [5.74, 6) is -0.430. The highest BCUT2D eigenvalue weighted by molar-refractivity contribution is 6.30. The van der Waals surface area contributed by atoms with Gasteiger partial charge in [0, 0.05) is 17.3 Å². The van der Waals surface area contributed by atoms with Gasteiger partial charge in [0.2, 0.25) is 5.91 Å². The van der Waals surface area contributed by atoms with Gasteiger partial charge < -0.3 is 5.32 Å². The number of nitrogens with zero attached hydrogens (tertiary/aromatic N) is 2. The lowest BCUT2D eigenvalue weighted by Gasteiger charge is -2.04. The van der Waals surface area contributed by atoms with Crippen LogP contribution in [-0.4, -0.2) is 15.7 Å². The molecule has 2 aromatic carbocycles. The fraction of sp³-hybridized carbons (Fsp3) is 0.0588. The number of hydrogen-bond donors (Lipinski definition) is 1. The standard InChI is InChI=1S/C17H13ClFN3O/c18-13-7-6-12(15(19)11-13)10-17(23)20-16-8-9-22(21-16)14-4-2-1-3-5-14/h1-9,11H,10H2,(H,20,21,23). The fourth-order valence-electron chi connectivity index (χ4n) is 2.14. The van der Waals surface area contributed by atoms with Crippen LogP contribution >= 0.6 is 11.6 Å². The van der Waals surface area contributed by atoms with Gasteiger partial charge in [-0.2, -0.15) is 5.10 Å². The maximum absolute atomic E-state index is 13.7. The summed E-state index contributed by atoms with van der Waals surface area (Å²) in [6.45, 7) is 0. The van der Waals surface area contributed by atoms with Crippen molar-refractivity contribution in [2.75, 3.05) is 5.32 Å². The van der Waals surface area contributed by atoms with E-state index in [4.69, 9.17) is 11.6 Å². The molecule has 0 unspecified atom stereocenters. The van der Waals surface area contributed by atoms with E-state index in [1.165, 1.54) is 12.1 Å². The molecule has 3 rings (SSSR count). The summed E-state index contributed by atoms with van der Waals surface area (Å²) >= 11 is 5.69. The number of benzene rings is 2. The van der Waals surface area contributed by atoms with E-state index in [1.54, 1.807) is 23.0 Å². The van der Waals surface area contributed by atoms with Crippen LogP contribution in [0.15, 0.2) is 60.8 Å². The number of anilines is 1. The lowest BCUT2D eigenvalue weighted by molar-refractivity contribution is -0.115. The number of aromatic nitrogens is 2. The normalized spacial score (nSPS) is 10.5. The monoisotopic (exact) mass is 329 g/mol. The highest BCUT2D eigenvalue weighted by Crippen LogP contribution is 2.16. The Kier molecular flexibility index (Phi) is 4.39. The summed E-state index contributed by atoms with van der Waals surface area (Å²) in [4.78, 5) is 12.0. The molecule has 0 aliphatic rings. The molecule has 1 amide bonds. The summed E-state index contributed by atoms with van der Waals surface area (Å²) in [6.07, 6.45) is 1.66. The van der Waals surface area contributed by atoms with Crippen molar-refractivity contribution in [2.45, 2.75) is 6.42 Å². The lowest BCUT2D eigenvalue weighted by atomic mass is 10.1. The third-order valence-electron chi connectivity index (χ3n) is 3.24. The van der Waals surface area contributed by atoms with Crippen molar-refractivity contribution in [2.24, 2.45) is 0 Å². The summed E-state index contributed by atoms with van der Waals surface area (Å²) in [5, 5.41) is 7.22. The highest BCUT2D eigenvalue weighted by atomic mass is 35.5. The van der Waals surface area contributed by atoms with Crippen molar-refractivity contribution >= 4 is 23.3 Å². The first kappa shape index (κ1) is 15.2. The number of para-hydroxylation sites is 1. The van der Waals surface area contributed by atoms with Gasteiger partial charge in [-0.25, -0.2) is 9.07 Å². The first-order valence-electron chi connectivity index (χ1n) is 6.97. The van der Waals surface area contributed by atoms with Gasteiger partial charge in [-0.1, -0.05) is 35.9 Å². The third kappa shape index (κ3) is 3.76. The number of carbonyl (C=O) groups is 1. The molecule has 0 saturated carbocycles. The number of rotatable bonds is 4. The Labute approximate surface area is 137 Å². The van der Waals surface area contributed by atoms with Crippen molar-refractivity contribution < 1.29 is 9.18 Å². The van der Waals surface area contributed by atoms with E-state index in [0.717, 1.165) is 5.69 Å². The second-order valence-electron chi connectivity index (χ2n) is 4.94. The molecule has 0 saturated heterocycles. The average Bonchev–Trinajstić information content (AvgIpc) is 2.99. The van der Waals surface area contributed by atoms with Crippen LogP contribution in [0.2, 0.25) is 5.02 Å². The van der Waals surface area contributed by atoms with Gasteiger partial charge in [0.25, 0.3) is 0 Å². The van der Waals surface area contributed by atoms with E-state index in [1.807, 2.05) is 30.3 Å². The molecule has 0 fully saturated rings. The largest absolute Gasteiger partial charge is 0.309 e. The molecule has 6 heteroatoms. The maximum atomic E-state index is 13.7. The van der Waals surface area contributed by atoms with Crippen LogP contribution in [-0.2, 0) is 11.2 Å². The number of halogens is 2. The average molecular weight is 330 g/mol. The molecule has 0 aliphatic carbocycles. The van der Waals surface area contributed by atoms with Crippen LogP contribution in [0.4, 0.5) is 10.2 Å². The molecule has 116 valence electrons. The zero-order valence-corrected chi connectivity index (χ0v) is 12.8. The molecular formula is C17H13ClFN3O. The molecule has 1 aromatic heterocycles. The molecule has 3 aromatic rings. The Morgan fingerprint density at radius 1 is 1.17 bits per heavy atom. The summed E-state index contributed by atoms with van der Waals surface area (Å²) in [5.41, 5.74) is 1.17. The summed E-state index contributed by atoms with van der Waals surface area (Å²) in [7, 11) is 0. The Hall–Kier alpha value is -2.66. The van der Waals surface area contributed by atoms with Crippen molar-refractivity contribution in [1.82, 2.24) is 9.78 Å². The zero-order valence-electron chi connectivity index (χ0n) is 12.0. The predicted octanol–water partition coefficient (Wildman–Crippen LogP) is 3.85. The lowest BCUT2D eigenvalue weighted by Crippen LogP contribution is -2.15. The zero-order chi connectivity index (χ0) is 16.2. The van der Waals surface area contributed by atoms with Gasteiger partial charge in [0.15, 0.2) is 5.82 Å². The van der Waals surface area contributed by atoms with E-state index in [9.17, 15) is 9.18 Å². The smallest absolute Gasteiger partial charge is 0.230 e. The van der Waals surface area contributed by atoms with E-state index < -0.39 is 5.82 Å². The molecular weight excluding hydrogens is 317 g/mol. The fourth-order valence-corrected chi connectivity index (χ4v) is 2.30. The number of nitrogens with one attached hydrogen (secondary N) is 1. The number of amides is 1. The molecule has 23 heavy (non-hydrogen) atoms. The van der Waals surface area contributed by atoms with Crippen LogP contribution in [0.5, 0.6) is 0 Å². The van der Waals surface area contributed by atoms with E-state index >= 15 is 0 Å². The SMILES string of the molecule is O=C(Cc1ccc(Cl)cc1F)Nc1ccn(-c2ccccc2)n1. The quantitative estimate of drug-likeness (QED) is 0.790. The topological polar surface area (TPSA) is 46.9 Å². The highest BCUT2D eigenvalue weighted by Gasteiger charge is 2.10. The van der Waals surface area contributed by atoms with Crippen LogP contribution in [0, 0.1) is 5.82 Å². The van der Waals surface area contributed by atoms with Crippen LogP contribution < -0.4 is 5.32 Å². The molecule has 1 N–H and O–H groups in total. The second kappa shape index (κ2) is 6.62. The maximum Gasteiger partial charge on any atom is 0.230 e. The number of hydrogen-bond acceptors (Lipinski definition) is 2. The minimum absolute atomic E-state index is 0.0821. The van der Waals surface area contributed by atoms with Crippen molar-refractivity contribution in [3.05, 3.63) is 77.2 Å². The first-order valence-corrected chi connectivity index (χ1v) is 7.34. The van der Waals surface area contributed by atoms with Crippen LogP contribution in [0.3, 0.4) is 0 Å². The molecule has 0 spiro atoms. The molecule has 1 heterocycles. The molecule has 0 aliphatic heterocycles.